The molecule has 4 saturated heterocycles. The Morgan fingerprint density at radius 1 is 0.933 bits per heavy atom. The highest BCUT2D eigenvalue weighted by atomic mass is 16.7. The van der Waals surface area contributed by atoms with E-state index in [0.717, 1.165) is 43.4 Å². The molecule has 0 unspecified atom stereocenters. The maximum Gasteiger partial charge on any atom is 0.339 e. The molecule has 12 atom stereocenters. The third-order valence-corrected chi connectivity index (χ3v) is 13.6. The molecule has 3 aliphatic carbocycles. The molecule has 3 saturated carbocycles. The van der Waals surface area contributed by atoms with Crippen molar-refractivity contribution in [3.63, 3.8) is 0 Å². The molecule has 45 heavy (non-hydrogen) atoms. The van der Waals surface area contributed by atoms with Crippen LogP contribution >= 0.6 is 0 Å². The number of hydrogen-bond acceptors (Lipinski definition) is 10. The highest BCUT2D eigenvalue weighted by Gasteiger charge is 2.92. The summed E-state index contributed by atoms with van der Waals surface area (Å²) in [4.78, 5) is 41.6. The number of rotatable bonds is 8. The predicted molar refractivity (Wildman–Crippen MR) is 156 cm³/mol. The summed E-state index contributed by atoms with van der Waals surface area (Å²) in [6, 6.07) is 1.89. The van der Waals surface area contributed by atoms with Gasteiger partial charge in [-0.1, -0.05) is 33.1 Å². The van der Waals surface area contributed by atoms with E-state index in [1.54, 1.807) is 6.26 Å². The van der Waals surface area contributed by atoms with Crippen LogP contribution in [0.4, 0.5) is 0 Å². The first-order chi connectivity index (χ1) is 21.4. The Morgan fingerprint density at radius 2 is 1.69 bits per heavy atom. The molecule has 0 radical (unpaired) electrons. The van der Waals surface area contributed by atoms with Gasteiger partial charge in [0.1, 0.15) is 30.2 Å². The Hall–Kier alpha value is -2.27. The van der Waals surface area contributed by atoms with Crippen LogP contribution < -0.4 is 0 Å². The van der Waals surface area contributed by atoms with Crippen molar-refractivity contribution in [3.8, 4) is 0 Å². The summed E-state index contributed by atoms with van der Waals surface area (Å²) >= 11 is 0. The molecule has 8 rings (SSSR count). The van der Waals surface area contributed by atoms with Crippen molar-refractivity contribution in [1.29, 1.82) is 0 Å². The van der Waals surface area contributed by atoms with E-state index in [1.807, 2.05) is 26.8 Å². The zero-order valence-corrected chi connectivity index (χ0v) is 26.7. The molecule has 1 aromatic heterocycles. The second kappa shape index (κ2) is 9.64. The van der Waals surface area contributed by atoms with Gasteiger partial charge in [-0.25, -0.2) is 4.79 Å². The van der Waals surface area contributed by atoms with Gasteiger partial charge >= 0.3 is 11.9 Å². The smallest absolute Gasteiger partial charge is 0.339 e. The van der Waals surface area contributed by atoms with Crippen LogP contribution in [0.5, 0.6) is 0 Å². The van der Waals surface area contributed by atoms with Crippen LogP contribution in [0.1, 0.15) is 96.5 Å². The molecule has 2 bridgehead atoms. The zero-order chi connectivity index (χ0) is 31.7. The molecule has 1 aromatic rings. The van der Waals surface area contributed by atoms with E-state index in [4.69, 9.17) is 28.5 Å². The van der Waals surface area contributed by atoms with Gasteiger partial charge in [-0.15, -0.1) is 0 Å². The van der Waals surface area contributed by atoms with Crippen LogP contribution in [-0.4, -0.2) is 70.7 Å². The van der Waals surface area contributed by atoms with Gasteiger partial charge in [-0.3, -0.25) is 9.59 Å². The Labute approximate surface area is 263 Å². The van der Waals surface area contributed by atoms with Crippen molar-refractivity contribution in [1.82, 2.24) is 0 Å². The number of cyclic esters (lactones) is 2. The molecule has 10 nitrogen and oxygen atoms in total. The number of carbonyl (C=O) groups is 3. The molecule has 246 valence electrons. The molecule has 0 amide bonds. The fourth-order valence-electron chi connectivity index (χ4n) is 12.3. The average molecular weight is 627 g/mol. The van der Waals surface area contributed by atoms with Gasteiger partial charge in [-0.05, 0) is 63.9 Å². The topological polar surface area (TPSA) is 145 Å². The molecule has 2 spiro atoms. The highest BCUT2D eigenvalue weighted by molar-refractivity contribution is 5.92. The van der Waals surface area contributed by atoms with E-state index in [1.165, 1.54) is 0 Å². The Morgan fingerprint density at radius 3 is 2.47 bits per heavy atom. The maximum absolute atomic E-state index is 14.6. The van der Waals surface area contributed by atoms with Crippen molar-refractivity contribution in [2.75, 3.05) is 13.2 Å². The molecular weight excluding hydrogens is 580 g/mol. The number of ketones is 1. The first kappa shape index (κ1) is 30.1. The van der Waals surface area contributed by atoms with E-state index in [-0.39, 0.29) is 36.8 Å². The lowest BCUT2D eigenvalue weighted by Gasteiger charge is -2.68. The number of Topliss-reactive ketones (excluding diaryl/α,β-unsaturated/α-hetero) is 1. The zero-order valence-electron chi connectivity index (χ0n) is 26.7. The SMILES string of the molecule is CC1(C)O[C@H]2[C@@H]3CC[C@@H]4C[C@@]5(C)[C@H](c6ccoc6CCCCCCCO)OC(=O)[C@H]6O[C@]65[C@]5(C)[C@H](O)C(=O)[C@H]1[C@@]2(COC3=O)[C@@H]45. The lowest BCUT2D eigenvalue weighted by Crippen LogP contribution is -2.77. The predicted octanol–water partition coefficient (Wildman–Crippen LogP) is 3.84. The van der Waals surface area contributed by atoms with Gasteiger partial charge in [-0.2, -0.15) is 0 Å². The van der Waals surface area contributed by atoms with Crippen LogP contribution in [0, 0.1) is 39.9 Å². The molecule has 7 aliphatic rings. The molecule has 0 aromatic carbocycles. The molecule has 5 heterocycles. The normalized spacial score (nSPS) is 48.4. The third kappa shape index (κ3) is 3.47. The van der Waals surface area contributed by atoms with Gasteiger partial charge < -0.3 is 33.6 Å². The number of hydrogen-bond donors (Lipinski definition) is 2. The van der Waals surface area contributed by atoms with E-state index >= 15 is 0 Å². The number of esters is 2. The minimum Gasteiger partial charge on any atom is -0.469 e. The van der Waals surface area contributed by atoms with E-state index < -0.39 is 69.7 Å². The molecule has 7 fully saturated rings. The van der Waals surface area contributed by atoms with Crippen LogP contribution in [0.2, 0.25) is 0 Å². The minimum absolute atomic E-state index is 0.00130. The fourth-order valence-corrected chi connectivity index (χ4v) is 12.3. The first-order valence-corrected chi connectivity index (χ1v) is 17.0. The van der Waals surface area contributed by atoms with Crippen LogP contribution in [-0.2, 0) is 39.8 Å². The van der Waals surface area contributed by atoms with Crippen molar-refractivity contribution in [3.05, 3.63) is 23.7 Å². The van der Waals surface area contributed by atoms with E-state index in [2.05, 4.69) is 6.92 Å². The number of furan rings is 1. The maximum atomic E-state index is 14.6. The summed E-state index contributed by atoms with van der Waals surface area (Å²) in [5, 5.41) is 21.4. The molecule has 4 aliphatic heterocycles. The summed E-state index contributed by atoms with van der Waals surface area (Å²) < 4.78 is 31.5. The number of aryl methyl sites for hydroxylation is 1. The summed E-state index contributed by atoms with van der Waals surface area (Å²) in [5.41, 5.74) is -3.99. The Kier molecular flexibility index (Phi) is 6.45. The van der Waals surface area contributed by atoms with Crippen molar-refractivity contribution < 1.29 is 48.0 Å². The van der Waals surface area contributed by atoms with Crippen molar-refractivity contribution >= 4 is 17.7 Å². The largest absolute Gasteiger partial charge is 0.469 e. The quantitative estimate of drug-likeness (QED) is 0.248. The fraction of sp³-hybridized carbons (Fsp3) is 0.800. The molecule has 2 N–H and O–H groups in total. The average Bonchev–Trinajstić information content (AvgIpc) is 3.56. The summed E-state index contributed by atoms with van der Waals surface area (Å²) in [6.07, 6.45) is 5.46. The van der Waals surface area contributed by atoms with Gasteiger partial charge in [0.15, 0.2) is 11.9 Å². The highest BCUT2D eigenvalue weighted by Crippen LogP contribution is 2.82. The second-order valence-electron chi connectivity index (χ2n) is 16.0. The number of carbonyl (C=O) groups excluding carboxylic acids is 3. The van der Waals surface area contributed by atoms with Crippen molar-refractivity contribution in [2.24, 2.45) is 39.9 Å². The third-order valence-electron chi connectivity index (χ3n) is 13.6. The number of ether oxygens (including phenoxy) is 4. The van der Waals surface area contributed by atoms with Gasteiger partial charge in [0.25, 0.3) is 0 Å². The second-order valence-corrected chi connectivity index (χ2v) is 16.0. The lowest BCUT2D eigenvalue weighted by molar-refractivity contribution is -0.266. The summed E-state index contributed by atoms with van der Waals surface area (Å²) in [7, 11) is 0. The minimum atomic E-state index is -1.39. The summed E-state index contributed by atoms with van der Waals surface area (Å²) in [5.74, 6) is -1.71. The van der Waals surface area contributed by atoms with Gasteiger partial charge in [0.05, 0.1) is 29.8 Å². The number of epoxide rings is 1. The molecule has 10 heteroatoms. The van der Waals surface area contributed by atoms with Crippen molar-refractivity contribution in [2.45, 2.75) is 121 Å². The van der Waals surface area contributed by atoms with Crippen LogP contribution in [0.3, 0.4) is 0 Å². The lowest BCUT2D eigenvalue weighted by atomic mass is 9.34. The Balaban J connectivity index is 1.23. The standard InChI is InChI=1S/C35H46O10/c1-31(2)24-22(37)25(38)33(4)23-18(11-12-20-27(44-31)34(23,24)17-42-29(20)39)16-32(3)26(43-30(40)28-35(32,33)45-28)19-13-15-41-21(19)10-8-6-5-7-9-14-36/h13,15,18,20,23-28,36,38H,5-12,14,16-17H2,1-4H3/t18-,20+,23+,24-,25-,26+,27+,28-,32+,33+,34-,35-/m1/s1. The van der Waals surface area contributed by atoms with E-state index in [0.29, 0.717) is 25.7 Å². The van der Waals surface area contributed by atoms with E-state index in [9.17, 15) is 19.5 Å². The van der Waals surface area contributed by atoms with Gasteiger partial charge in [0.2, 0.25) is 0 Å². The monoisotopic (exact) mass is 626 g/mol. The number of unbranched alkanes of at least 4 members (excludes halogenated alkanes) is 4. The number of aliphatic hydroxyl groups excluding tert-OH is 2. The first-order valence-electron chi connectivity index (χ1n) is 17.0. The van der Waals surface area contributed by atoms with Crippen LogP contribution in [0.15, 0.2) is 16.7 Å². The van der Waals surface area contributed by atoms with Crippen LogP contribution in [0.25, 0.3) is 0 Å². The summed E-state index contributed by atoms with van der Waals surface area (Å²) in [6.45, 7) is 8.11. The number of aliphatic hydroxyl groups is 2. The Bertz CT molecular complexity index is 1430. The molecular formula is C35H46O10. The van der Waals surface area contributed by atoms with Gasteiger partial charge in [0, 0.05) is 34.8 Å².